The Balaban J connectivity index is 2.14. The van der Waals surface area contributed by atoms with E-state index in [1.54, 1.807) is 6.07 Å². The van der Waals surface area contributed by atoms with Crippen LogP contribution in [0.1, 0.15) is 32.6 Å². The van der Waals surface area contributed by atoms with Crippen molar-refractivity contribution in [2.75, 3.05) is 24.3 Å². The van der Waals surface area contributed by atoms with E-state index < -0.39 is 5.82 Å². The topological polar surface area (TPSA) is 67.5 Å². The molecule has 0 heterocycles. The Hall–Kier alpha value is -1.49. The van der Waals surface area contributed by atoms with Crippen LogP contribution in [0.25, 0.3) is 0 Å². The van der Waals surface area contributed by atoms with Crippen LogP contribution in [0.3, 0.4) is 0 Å². The molecule has 1 aliphatic carbocycles. The first-order valence-electron chi connectivity index (χ1n) is 7.25. The summed E-state index contributed by atoms with van der Waals surface area (Å²) in [5, 5.41) is 12.7. The first-order chi connectivity index (χ1) is 9.65. The highest BCUT2D eigenvalue weighted by molar-refractivity contribution is 5.69. The van der Waals surface area contributed by atoms with Gasteiger partial charge in [0.05, 0.1) is 18.0 Å². The number of hydrogen-bond donors (Lipinski definition) is 3. The minimum atomic E-state index is -0.438. The molecule has 0 amide bonds. The van der Waals surface area contributed by atoms with Crippen LogP contribution in [0.15, 0.2) is 12.1 Å². The van der Waals surface area contributed by atoms with Crippen molar-refractivity contribution >= 4 is 11.4 Å². The molecule has 1 fully saturated rings. The highest BCUT2D eigenvalue weighted by Crippen LogP contribution is 2.33. The molecular weight excluding hydrogens is 259 g/mol. The summed E-state index contributed by atoms with van der Waals surface area (Å²) in [4.78, 5) is 0. The van der Waals surface area contributed by atoms with Crippen molar-refractivity contribution in [3.05, 3.63) is 17.9 Å². The molecule has 0 saturated heterocycles. The third kappa shape index (κ3) is 3.33. The van der Waals surface area contributed by atoms with Crippen LogP contribution in [-0.4, -0.2) is 24.4 Å². The van der Waals surface area contributed by atoms with Gasteiger partial charge in [0.25, 0.3) is 0 Å². The number of ether oxygens (including phenoxy) is 1. The smallest absolute Gasteiger partial charge is 0.167 e. The maximum absolute atomic E-state index is 13.7. The van der Waals surface area contributed by atoms with Crippen molar-refractivity contribution in [3.8, 4) is 5.75 Å². The van der Waals surface area contributed by atoms with Gasteiger partial charge in [-0.15, -0.1) is 0 Å². The Labute approximate surface area is 119 Å². The molecule has 112 valence electrons. The van der Waals surface area contributed by atoms with Crippen LogP contribution in [0.2, 0.25) is 0 Å². The highest BCUT2D eigenvalue weighted by atomic mass is 19.1. The van der Waals surface area contributed by atoms with Gasteiger partial charge in [0.15, 0.2) is 11.6 Å². The number of hydrogen-bond acceptors (Lipinski definition) is 4. The molecule has 0 bridgehead atoms. The molecule has 5 heteroatoms. The summed E-state index contributed by atoms with van der Waals surface area (Å²) in [7, 11) is 0. The van der Waals surface area contributed by atoms with E-state index >= 15 is 0 Å². The Morgan fingerprint density at radius 1 is 1.45 bits per heavy atom. The van der Waals surface area contributed by atoms with Crippen LogP contribution in [0.5, 0.6) is 5.75 Å². The zero-order valence-corrected chi connectivity index (χ0v) is 11.9. The number of rotatable bonds is 6. The first kappa shape index (κ1) is 14.9. The lowest BCUT2D eigenvalue weighted by molar-refractivity contribution is 0.222. The normalized spacial score (nSPS) is 21.9. The van der Waals surface area contributed by atoms with Gasteiger partial charge in [-0.2, -0.15) is 0 Å². The number of aliphatic hydroxyl groups is 1. The van der Waals surface area contributed by atoms with E-state index in [1.807, 2.05) is 6.92 Å². The molecule has 2 unspecified atom stereocenters. The summed E-state index contributed by atoms with van der Waals surface area (Å²) in [6.45, 7) is 2.61. The minimum absolute atomic E-state index is 0.165. The second-order valence-electron chi connectivity index (χ2n) is 5.34. The van der Waals surface area contributed by atoms with E-state index in [1.165, 1.54) is 6.07 Å². The van der Waals surface area contributed by atoms with Gasteiger partial charge >= 0.3 is 0 Å². The third-order valence-electron chi connectivity index (χ3n) is 3.80. The molecule has 2 atom stereocenters. The van der Waals surface area contributed by atoms with Gasteiger partial charge < -0.3 is 20.9 Å². The number of aliphatic hydroxyl groups excluding tert-OH is 1. The Morgan fingerprint density at radius 3 is 2.95 bits per heavy atom. The maximum atomic E-state index is 13.7. The monoisotopic (exact) mass is 282 g/mol. The standard InChI is InChI=1S/C15H23FN2O2/c1-2-6-20-15-8-14(12(17)7-11(15)16)18-13-5-3-4-10(13)9-19/h7-8,10,13,18-19H,2-6,9,17H2,1H3. The van der Waals surface area contributed by atoms with Crippen LogP contribution in [0.4, 0.5) is 15.8 Å². The molecule has 20 heavy (non-hydrogen) atoms. The molecule has 0 spiro atoms. The fraction of sp³-hybridized carbons (Fsp3) is 0.600. The molecular formula is C15H23FN2O2. The number of nitrogens with one attached hydrogen (secondary N) is 1. The number of nitrogen functional groups attached to an aromatic ring is 1. The molecule has 1 aromatic rings. The summed E-state index contributed by atoms with van der Waals surface area (Å²) in [6.07, 6.45) is 3.91. The third-order valence-corrected chi connectivity index (χ3v) is 3.80. The largest absolute Gasteiger partial charge is 0.490 e. The Kier molecular flexibility index (Phi) is 5.06. The fourth-order valence-corrected chi connectivity index (χ4v) is 2.66. The van der Waals surface area contributed by atoms with Crippen LogP contribution in [-0.2, 0) is 0 Å². The average Bonchev–Trinajstić information content (AvgIpc) is 2.87. The van der Waals surface area contributed by atoms with E-state index in [0.717, 1.165) is 25.7 Å². The van der Waals surface area contributed by atoms with E-state index in [9.17, 15) is 9.50 Å². The van der Waals surface area contributed by atoms with Gasteiger partial charge in [-0.05, 0) is 19.3 Å². The van der Waals surface area contributed by atoms with Crippen molar-refractivity contribution in [1.29, 1.82) is 0 Å². The lowest BCUT2D eigenvalue weighted by atomic mass is 10.0. The Bertz CT molecular complexity index is 454. The predicted molar refractivity (Wildman–Crippen MR) is 78.4 cm³/mol. The van der Waals surface area contributed by atoms with Gasteiger partial charge in [0, 0.05) is 30.7 Å². The predicted octanol–water partition coefficient (Wildman–Crippen LogP) is 2.77. The highest BCUT2D eigenvalue weighted by Gasteiger charge is 2.27. The number of nitrogens with two attached hydrogens (primary N) is 1. The molecule has 4 N–H and O–H groups in total. The quantitative estimate of drug-likeness (QED) is 0.702. The van der Waals surface area contributed by atoms with Gasteiger partial charge in [-0.25, -0.2) is 4.39 Å². The van der Waals surface area contributed by atoms with E-state index in [2.05, 4.69) is 5.32 Å². The fourth-order valence-electron chi connectivity index (χ4n) is 2.66. The van der Waals surface area contributed by atoms with Crippen LogP contribution >= 0.6 is 0 Å². The Morgan fingerprint density at radius 2 is 2.25 bits per heavy atom. The zero-order chi connectivity index (χ0) is 14.5. The number of halogens is 1. The number of anilines is 2. The van der Waals surface area contributed by atoms with Crippen molar-refractivity contribution in [2.24, 2.45) is 5.92 Å². The van der Waals surface area contributed by atoms with Crippen LogP contribution < -0.4 is 15.8 Å². The summed E-state index contributed by atoms with van der Waals surface area (Å²) in [5.74, 6) is 0.0215. The first-order valence-corrected chi connectivity index (χ1v) is 7.25. The lowest BCUT2D eigenvalue weighted by Crippen LogP contribution is -2.26. The molecule has 0 radical (unpaired) electrons. The SMILES string of the molecule is CCCOc1cc(NC2CCCC2CO)c(N)cc1F. The number of benzene rings is 1. The van der Waals surface area contributed by atoms with Gasteiger partial charge in [0.2, 0.25) is 0 Å². The minimum Gasteiger partial charge on any atom is -0.490 e. The summed E-state index contributed by atoms with van der Waals surface area (Å²) in [5.41, 5.74) is 6.92. The summed E-state index contributed by atoms with van der Waals surface area (Å²) >= 11 is 0. The average molecular weight is 282 g/mol. The van der Waals surface area contributed by atoms with Crippen molar-refractivity contribution in [3.63, 3.8) is 0 Å². The van der Waals surface area contributed by atoms with Crippen molar-refractivity contribution < 1.29 is 14.2 Å². The second-order valence-corrected chi connectivity index (χ2v) is 5.34. The molecule has 2 rings (SSSR count). The van der Waals surface area contributed by atoms with Gasteiger partial charge in [-0.1, -0.05) is 13.3 Å². The molecule has 1 aromatic carbocycles. The van der Waals surface area contributed by atoms with Gasteiger partial charge in [0.1, 0.15) is 0 Å². The lowest BCUT2D eigenvalue weighted by Gasteiger charge is -2.22. The second kappa shape index (κ2) is 6.79. The molecule has 0 aromatic heterocycles. The van der Waals surface area contributed by atoms with E-state index in [0.29, 0.717) is 18.0 Å². The molecule has 4 nitrogen and oxygen atoms in total. The maximum Gasteiger partial charge on any atom is 0.167 e. The van der Waals surface area contributed by atoms with Crippen LogP contribution in [0, 0.1) is 11.7 Å². The summed E-state index contributed by atoms with van der Waals surface area (Å²) < 4.78 is 19.1. The molecule has 1 saturated carbocycles. The van der Waals surface area contributed by atoms with Crippen molar-refractivity contribution in [2.45, 2.75) is 38.6 Å². The molecule has 0 aliphatic heterocycles. The van der Waals surface area contributed by atoms with Crippen molar-refractivity contribution in [1.82, 2.24) is 0 Å². The molecule has 1 aliphatic rings. The zero-order valence-electron chi connectivity index (χ0n) is 11.9. The van der Waals surface area contributed by atoms with E-state index in [-0.39, 0.29) is 24.3 Å². The van der Waals surface area contributed by atoms with Gasteiger partial charge in [-0.3, -0.25) is 0 Å². The summed E-state index contributed by atoms with van der Waals surface area (Å²) in [6, 6.07) is 3.09. The van der Waals surface area contributed by atoms with E-state index in [4.69, 9.17) is 10.5 Å².